The molecule has 154 valence electrons. The summed E-state index contributed by atoms with van der Waals surface area (Å²) in [6.45, 7) is 7.82. The van der Waals surface area contributed by atoms with Crippen LogP contribution in [0.25, 0.3) is 11.3 Å². The Bertz CT molecular complexity index is 919. The molecule has 1 aromatic heterocycles. The highest BCUT2D eigenvalue weighted by molar-refractivity contribution is 5.95. The Morgan fingerprint density at radius 3 is 2.62 bits per heavy atom. The van der Waals surface area contributed by atoms with E-state index in [0.29, 0.717) is 29.3 Å². The predicted molar refractivity (Wildman–Crippen MR) is 111 cm³/mol. The van der Waals surface area contributed by atoms with E-state index < -0.39 is 17.2 Å². The average Bonchev–Trinajstić information content (AvgIpc) is 2.67. The lowest BCUT2D eigenvalue weighted by atomic mass is 9.84. The zero-order valence-corrected chi connectivity index (χ0v) is 17.0. The fourth-order valence-corrected chi connectivity index (χ4v) is 3.97. The van der Waals surface area contributed by atoms with Crippen molar-refractivity contribution in [1.82, 2.24) is 15.5 Å². The van der Waals surface area contributed by atoms with E-state index in [2.05, 4.69) is 20.8 Å². The van der Waals surface area contributed by atoms with Crippen LogP contribution in [0.5, 0.6) is 5.75 Å². The normalized spacial score (nSPS) is 18.1. The molecule has 8 nitrogen and oxygen atoms in total. The Labute approximate surface area is 170 Å². The zero-order chi connectivity index (χ0) is 20.6. The molecule has 0 aliphatic carbocycles. The summed E-state index contributed by atoms with van der Waals surface area (Å²) in [5, 5.41) is 25.5. The van der Waals surface area contributed by atoms with Crippen LogP contribution in [0.1, 0.15) is 33.6 Å². The molecular formula is C21H27N5O3. The minimum absolute atomic E-state index is 0.117. The van der Waals surface area contributed by atoms with E-state index in [-0.39, 0.29) is 5.75 Å². The second-order valence-corrected chi connectivity index (χ2v) is 8.62. The van der Waals surface area contributed by atoms with Gasteiger partial charge >= 0.3 is 6.09 Å². The van der Waals surface area contributed by atoms with Crippen LogP contribution in [-0.4, -0.2) is 52.2 Å². The molecule has 2 aliphatic heterocycles. The summed E-state index contributed by atoms with van der Waals surface area (Å²) in [5.41, 5.74) is 0.678. The molecule has 0 atom stereocenters. The average molecular weight is 397 g/mol. The summed E-state index contributed by atoms with van der Waals surface area (Å²) < 4.78 is 5.77. The molecule has 0 saturated carbocycles. The molecule has 1 amide bonds. The van der Waals surface area contributed by atoms with Crippen molar-refractivity contribution >= 4 is 17.6 Å². The molecule has 2 aromatic rings. The van der Waals surface area contributed by atoms with Crippen molar-refractivity contribution in [2.24, 2.45) is 0 Å². The van der Waals surface area contributed by atoms with Crippen molar-refractivity contribution in [3.05, 3.63) is 30.3 Å². The number of para-hydroxylation sites is 1. The van der Waals surface area contributed by atoms with E-state index in [1.165, 1.54) is 0 Å². The topological polar surface area (TPSA) is 99.6 Å². The van der Waals surface area contributed by atoms with Crippen LogP contribution in [0.4, 0.5) is 16.3 Å². The van der Waals surface area contributed by atoms with Gasteiger partial charge in [-0.05, 0) is 64.9 Å². The number of carbonyl (C=O) groups excluding carboxylic acids is 1. The van der Waals surface area contributed by atoms with E-state index in [4.69, 9.17) is 4.74 Å². The minimum Gasteiger partial charge on any atom is -0.507 e. The number of phenols is 1. The van der Waals surface area contributed by atoms with Crippen LogP contribution in [0, 0.1) is 0 Å². The standard InChI is InChI=1S/C21H27N5O3/c1-20(2,3)29-19(28)26-16-12-15(14-6-4-5-7-17(14)27)24-25-18(16)23-13-21(26)8-10-22-11-9-21/h4-7,12,22,27H,8-11,13H2,1-3H3,(H,23,25). The van der Waals surface area contributed by atoms with Crippen molar-refractivity contribution in [1.29, 1.82) is 0 Å². The molecule has 0 unspecified atom stereocenters. The fourth-order valence-electron chi connectivity index (χ4n) is 3.97. The highest BCUT2D eigenvalue weighted by Crippen LogP contribution is 2.42. The highest BCUT2D eigenvalue weighted by Gasteiger charge is 2.47. The van der Waals surface area contributed by atoms with Crippen LogP contribution >= 0.6 is 0 Å². The first-order chi connectivity index (χ1) is 13.8. The van der Waals surface area contributed by atoms with E-state index in [1.807, 2.05) is 26.8 Å². The van der Waals surface area contributed by atoms with Gasteiger partial charge in [0.15, 0.2) is 5.82 Å². The van der Waals surface area contributed by atoms with Gasteiger partial charge in [0.05, 0.1) is 16.9 Å². The number of nitrogens with one attached hydrogen (secondary N) is 2. The van der Waals surface area contributed by atoms with Gasteiger partial charge in [-0.3, -0.25) is 4.90 Å². The third-order valence-corrected chi connectivity index (χ3v) is 5.36. The summed E-state index contributed by atoms with van der Waals surface area (Å²) in [4.78, 5) is 15.1. The summed E-state index contributed by atoms with van der Waals surface area (Å²) in [6, 6.07) is 8.77. The van der Waals surface area contributed by atoms with Crippen LogP contribution in [0.15, 0.2) is 30.3 Å². The van der Waals surface area contributed by atoms with Crippen LogP contribution in [-0.2, 0) is 4.74 Å². The zero-order valence-electron chi connectivity index (χ0n) is 17.0. The molecule has 1 fully saturated rings. The third kappa shape index (κ3) is 3.72. The maximum atomic E-state index is 13.3. The van der Waals surface area contributed by atoms with Gasteiger partial charge in [0, 0.05) is 12.1 Å². The molecule has 1 spiro atoms. The Morgan fingerprint density at radius 2 is 1.93 bits per heavy atom. The van der Waals surface area contributed by atoms with Crippen molar-refractivity contribution < 1.29 is 14.6 Å². The predicted octanol–water partition coefficient (Wildman–Crippen LogP) is 3.14. The number of rotatable bonds is 1. The van der Waals surface area contributed by atoms with Gasteiger partial charge < -0.3 is 20.5 Å². The first-order valence-corrected chi connectivity index (χ1v) is 9.93. The number of piperidine rings is 1. The monoisotopic (exact) mass is 397 g/mol. The number of anilines is 2. The lowest BCUT2D eigenvalue weighted by Crippen LogP contribution is -2.63. The lowest BCUT2D eigenvalue weighted by molar-refractivity contribution is 0.0521. The molecule has 0 radical (unpaired) electrons. The first-order valence-electron chi connectivity index (χ1n) is 9.93. The number of amides is 1. The third-order valence-electron chi connectivity index (χ3n) is 5.36. The molecule has 4 rings (SSSR count). The van der Waals surface area contributed by atoms with E-state index in [1.54, 1.807) is 29.2 Å². The highest BCUT2D eigenvalue weighted by atomic mass is 16.6. The van der Waals surface area contributed by atoms with Gasteiger partial charge in [-0.2, -0.15) is 0 Å². The Balaban J connectivity index is 1.82. The molecule has 1 saturated heterocycles. The number of benzene rings is 1. The van der Waals surface area contributed by atoms with Gasteiger partial charge in [0.25, 0.3) is 0 Å². The van der Waals surface area contributed by atoms with E-state index >= 15 is 0 Å². The van der Waals surface area contributed by atoms with E-state index in [0.717, 1.165) is 25.9 Å². The molecule has 3 N–H and O–H groups in total. The Kier molecular flexibility index (Phi) is 4.82. The number of hydrogen-bond donors (Lipinski definition) is 3. The number of phenolic OH excluding ortho intramolecular Hbond substituents is 1. The molecule has 1 aromatic carbocycles. The van der Waals surface area contributed by atoms with Crippen molar-refractivity contribution in [2.75, 3.05) is 29.9 Å². The van der Waals surface area contributed by atoms with Gasteiger partial charge in [0.2, 0.25) is 0 Å². The maximum absolute atomic E-state index is 13.3. The number of nitrogens with zero attached hydrogens (tertiary/aromatic N) is 3. The summed E-state index contributed by atoms with van der Waals surface area (Å²) in [7, 11) is 0. The number of fused-ring (bicyclic) bond motifs is 1. The molecule has 2 aliphatic rings. The Morgan fingerprint density at radius 1 is 1.21 bits per heavy atom. The number of ether oxygens (including phenoxy) is 1. The van der Waals surface area contributed by atoms with Crippen LogP contribution < -0.4 is 15.5 Å². The minimum atomic E-state index is -0.614. The summed E-state index contributed by atoms with van der Waals surface area (Å²) in [5.74, 6) is 0.658. The Hall–Kier alpha value is -2.87. The van der Waals surface area contributed by atoms with Crippen molar-refractivity contribution in [3.63, 3.8) is 0 Å². The van der Waals surface area contributed by atoms with Gasteiger partial charge in [-0.25, -0.2) is 4.79 Å². The lowest BCUT2D eigenvalue weighted by Gasteiger charge is -2.49. The van der Waals surface area contributed by atoms with Gasteiger partial charge in [0.1, 0.15) is 11.4 Å². The van der Waals surface area contributed by atoms with Gasteiger partial charge in [-0.1, -0.05) is 12.1 Å². The SMILES string of the molecule is CC(C)(C)OC(=O)N1c2cc(-c3ccccc3O)nnc2NCC12CCNCC2. The number of aromatic hydroxyl groups is 1. The van der Waals surface area contributed by atoms with E-state index in [9.17, 15) is 9.90 Å². The number of carbonyl (C=O) groups is 1. The molecule has 8 heteroatoms. The van der Waals surface area contributed by atoms with Crippen molar-refractivity contribution in [2.45, 2.75) is 44.8 Å². The van der Waals surface area contributed by atoms with Crippen molar-refractivity contribution in [3.8, 4) is 17.0 Å². The number of hydrogen-bond acceptors (Lipinski definition) is 7. The first kappa shape index (κ1) is 19.4. The number of aromatic nitrogens is 2. The quantitative estimate of drug-likeness (QED) is 0.680. The van der Waals surface area contributed by atoms with Crippen LogP contribution in [0.2, 0.25) is 0 Å². The maximum Gasteiger partial charge on any atom is 0.415 e. The van der Waals surface area contributed by atoms with Gasteiger partial charge in [-0.15, -0.1) is 10.2 Å². The second-order valence-electron chi connectivity index (χ2n) is 8.62. The summed E-state index contributed by atoms with van der Waals surface area (Å²) in [6.07, 6.45) is 1.21. The fraction of sp³-hybridized carbons (Fsp3) is 0.476. The molecule has 0 bridgehead atoms. The largest absolute Gasteiger partial charge is 0.507 e. The second kappa shape index (κ2) is 7.18. The molecule has 3 heterocycles. The van der Waals surface area contributed by atoms with Crippen LogP contribution in [0.3, 0.4) is 0 Å². The summed E-state index contributed by atoms with van der Waals surface area (Å²) >= 11 is 0. The molecule has 29 heavy (non-hydrogen) atoms. The molecular weight excluding hydrogens is 370 g/mol. The smallest absolute Gasteiger partial charge is 0.415 e.